The molecule has 0 aliphatic heterocycles. The lowest BCUT2D eigenvalue weighted by atomic mass is 10.2. The molecule has 1 N–H and O–H groups in total. The van der Waals surface area contributed by atoms with Crippen LogP contribution in [0.2, 0.25) is 0 Å². The van der Waals surface area contributed by atoms with Gasteiger partial charge in [0.1, 0.15) is 18.1 Å². The van der Waals surface area contributed by atoms with E-state index in [-0.39, 0.29) is 6.04 Å². The number of amides is 1. The lowest BCUT2D eigenvalue weighted by Gasteiger charge is -2.28. The molecule has 5 nitrogen and oxygen atoms in total. The molecular formula is C14H17BrFNO4. The first-order valence-corrected chi connectivity index (χ1v) is 7.15. The number of carbonyl (C=O) groups excluding carboxylic acids is 1. The predicted octanol–water partition coefficient (Wildman–Crippen LogP) is 2.68. The Morgan fingerprint density at radius 2 is 2.00 bits per heavy atom. The minimum atomic E-state index is -1.09. The Balaban J connectivity index is 2.83. The smallest absolute Gasteiger partial charge is 0.323 e. The van der Waals surface area contributed by atoms with Gasteiger partial charge >= 0.3 is 5.97 Å². The van der Waals surface area contributed by atoms with Crippen molar-refractivity contribution >= 4 is 27.8 Å². The summed E-state index contributed by atoms with van der Waals surface area (Å²) in [5.41, 5.74) is 0. The third-order valence-electron chi connectivity index (χ3n) is 2.76. The second-order valence-electron chi connectivity index (χ2n) is 4.79. The van der Waals surface area contributed by atoms with Crippen LogP contribution < -0.4 is 4.74 Å². The van der Waals surface area contributed by atoms with E-state index in [2.05, 4.69) is 15.9 Å². The summed E-state index contributed by atoms with van der Waals surface area (Å²) in [4.78, 5) is 24.3. The van der Waals surface area contributed by atoms with E-state index in [1.165, 1.54) is 30.0 Å². The van der Waals surface area contributed by atoms with Crippen molar-refractivity contribution in [3.05, 3.63) is 28.5 Å². The van der Waals surface area contributed by atoms with Crippen molar-refractivity contribution in [3.63, 3.8) is 0 Å². The van der Waals surface area contributed by atoms with E-state index >= 15 is 0 Å². The number of hydrogen-bond donors (Lipinski definition) is 1. The topological polar surface area (TPSA) is 66.8 Å². The fourth-order valence-corrected chi connectivity index (χ4v) is 2.15. The van der Waals surface area contributed by atoms with Crippen LogP contribution in [0.15, 0.2) is 22.7 Å². The number of rotatable bonds is 6. The first-order chi connectivity index (χ1) is 9.72. The summed E-state index contributed by atoms with van der Waals surface area (Å²) in [6, 6.07) is 3.58. The fraction of sp³-hybridized carbons (Fsp3) is 0.429. The number of nitrogens with zero attached hydrogens (tertiary/aromatic N) is 1. The summed E-state index contributed by atoms with van der Waals surface area (Å²) in [5.74, 6) is -1.64. The van der Waals surface area contributed by atoms with Crippen LogP contribution in [0.5, 0.6) is 5.75 Å². The summed E-state index contributed by atoms with van der Waals surface area (Å²) in [7, 11) is 0. The molecule has 1 aromatic carbocycles. The molecule has 0 saturated heterocycles. The molecule has 0 radical (unpaired) electrons. The molecule has 7 heteroatoms. The highest BCUT2D eigenvalue weighted by Gasteiger charge is 2.26. The van der Waals surface area contributed by atoms with Gasteiger partial charge in [-0.25, -0.2) is 4.39 Å². The van der Waals surface area contributed by atoms with Crippen LogP contribution in [0.4, 0.5) is 4.39 Å². The number of carboxylic acid groups (broad SMARTS) is 1. The van der Waals surface area contributed by atoms with E-state index in [0.717, 1.165) is 0 Å². The maximum Gasteiger partial charge on any atom is 0.323 e. The van der Waals surface area contributed by atoms with Crippen LogP contribution >= 0.6 is 15.9 Å². The highest BCUT2D eigenvalue weighted by Crippen LogP contribution is 2.26. The number of aliphatic carboxylic acids is 1. The summed E-state index contributed by atoms with van der Waals surface area (Å²) in [6.07, 6.45) is -0.881. The van der Waals surface area contributed by atoms with E-state index in [4.69, 9.17) is 9.84 Å². The molecule has 1 rings (SSSR count). The van der Waals surface area contributed by atoms with E-state index in [9.17, 15) is 14.0 Å². The number of carboxylic acids is 1. The lowest BCUT2D eigenvalue weighted by Crippen LogP contribution is -2.46. The molecule has 116 valence electrons. The van der Waals surface area contributed by atoms with Crippen LogP contribution in [-0.2, 0) is 9.59 Å². The monoisotopic (exact) mass is 361 g/mol. The zero-order valence-corrected chi connectivity index (χ0v) is 13.6. The molecule has 1 atom stereocenters. The van der Waals surface area contributed by atoms with Crippen molar-refractivity contribution in [1.82, 2.24) is 4.90 Å². The maximum atomic E-state index is 13.0. The molecule has 0 aliphatic carbocycles. The van der Waals surface area contributed by atoms with Gasteiger partial charge in [-0.3, -0.25) is 9.59 Å². The zero-order valence-electron chi connectivity index (χ0n) is 12.0. The summed E-state index contributed by atoms with van der Waals surface area (Å²) < 4.78 is 18.9. The molecule has 0 aromatic heterocycles. The number of halogens is 2. The Bertz CT molecular complexity index is 536. The van der Waals surface area contributed by atoms with Crippen molar-refractivity contribution in [2.45, 2.75) is 32.9 Å². The Kier molecular flexibility index (Phi) is 6.14. The molecule has 21 heavy (non-hydrogen) atoms. The number of ether oxygens (including phenoxy) is 1. The molecule has 0 heterocycles. The zero-order chi connectivity index (χ0) is 16.2. The molecular weight excluding hydrogens is 345 g/mol. The van der Waals surface area contributed by atoms with Crippen molar-refractivity contribution in [2.75, 3.05) is 6.54 Å². The summed E-state index contributed by atoms with van der Waals surface area (Å²) >= 11 is 3.15. The first kappa shape index (κ1) is 17.4. The van der Waals surface area contributed by atoms with Crippen molar-refractivity contribution in [1.29, 1.82) is 0 Å². The maximum absolute atomic E-state index is 13.0. The Morgan fingerprint density at radius 3 is 2.48 bits per heavy atom. The summed E-state index contributed by atoms with van der Waals surface area (Å²) in [5, 5.41) is 8.84. The minimum absolute atomic E-state index is 0.267. The van der Waals surface area contributed by atoms with Gasteiger partial charge in [-0.2, -0.15) is 0 Å². The van der Waals surface area contributed by atoms with Crippen LogP contribution in [-0.4, -0.2) is 40.6 Å². The molecule has 1 unspecified atom stereocenters. The largest absolute Gasteiger partial charge is 0.480 e. The third-order valence-corrected chi connectivity index (χ3v) is 3.38. The van der Waals surface area contributed by atoms with E-state index < -0.39 is 30.3 Å². The molecule has 0 aliphatic rings. The molecule has 1 amide bonds. The second kappa shape index (κ2) is 7.40. The third kappa shape index (κ3) is 5.00. The number of hydrogen-bond acceptors (Lipinski definition) is 3. The van der Waals surface area contributed by atoms with Crippen molar-refractivity contribution in [3.8, 4) is 5.75 Å². The Labute approximate surface area is 130 Å². The minimum Gasteiger partial charge on any atom is -0.480 e. The average molecular weight is 362 g/mol. The standard InChI is InChI=1S/C14H17BrFNO4/c1-8(2)17(7-13(18)19)14(20)9(3)21-12-5-4-10(16)6-11(12)15/h4-6,8-9H,7H2,1-3H3,(H,18,19). The van der Waals surface area contributed by atoms with Gasteiger partial charge in [0.15, 0.2) is 6.10 Å². The molecule has 0 saturated carbocycles. The lowest BCUT2D eigenvalue weighted by molar-refractivity contribution is -0.149. The van der Waals surface area contributed by atoms with Gasteiger partial charge in [-0.05, 0) is 54.9 Å². The van der Waals surface area contributed by atoms with Gasteiger partial charge in [0, 0.05) is 6.04 Å². The van der Waals surface area contributed by atoms with E-state index in [1.54, 1.807) is 13.8 Å². The highest BCUT2D eigenvalue weighted by atomic mass is 79.9. The Hall–Kier alpha value is -1.63. The first-order valence-electron chi connectivity index (χ1n) is 6.36. The van der Waals surface area contributed by atoms with E-state index in [0.29, 0.717) is 10.2 Å². The van der Waals surface area contributed by atoms with Crippen LogP contribution in [0.1, 0.15) is 20.8 Å². The number of benzene rings is 1. The second-order valence-corrected chi connectivity index (χ2v) is 5.64. The normalized spacial score (nSPS) is 12.1. The van der Waals surface area contributed by atoms with Crippen LogP contribution in [0, 0.1) is 5.82 Å². The van der Waals surface area contributed by atoms with Gasteiger partial charge < -0.3 is 14.7 Å². The molecule has 0 bridgehead atoms. The predicted molar refractivity (Wildman–Crippen MR) is 78.7 cm³/mol. The molecule has 0 spiro atoms. The summed E-state index contributed by atoms with van der Waals surface area (Å²) in [6.45, 7) is 4.58. The number of carbonyl (C=O) groups is 2. The van der Waals surface area contributed by atoms with Crippen LogP contribution in [0.25, 0.3) is 0 Å². The molecule has 0 fully saturated rings. The Morgan fingerprint density at radius 1 is 1.38 bits per heavy atom. The van der Waals surface area contributed by atoms with Crippen molar-refractivity contribution in [2.24, 2.45) is 0 Å². The van der Waals surface area contributed by atoms with Gasteiger partial charge in [0.05, 0.1) is 4.47 Å². The van der Waals surface area contributed by atoms with Gasteiger partial charge in [0.25, 0.3) is 5.91 Å². The van der Waals surface area contributed by atoms with Gasteiger partial charge in [0.2, 0.25) is 0 Å². The molecule has 1 aromatic rings. The van der Waals surface area contributed by atoms with Gasteiger partial charge in [-0.1, -0.05) is 0 Å². The average Bonchev–Trinajstić information content (AvgIpc) is 2.37. The quantitative estimate of drug-likeness (QED) is 0.845. The van der Waals surface area contributed by atoms with E-state index in [1.807, 2.05) is 0 Å². The highest BCUT2D eigenvalue weighted by molar-refractivity contribution is 9.10. The van der Waals surface area contributed by atoms with Crippen molar-refractivity contribution < 1.29 is 23.8 Å². The van der Waals surface area contributed by atoms with Crippen LogP contribution in [0.3, 0.4) is 0 Å². The van der Waals surface area contributed by atoms with Gasteiger partial charge in [-0.15, -0.1) is 0 Å². The SMILES string of the molecule is CC(Oc1ccc(F)cc1Br)C(=O)N(CC(=O)O)C(C)C. The fourth-order valence-electron chi connectivity index (χ4n) is 1.71.